The number of carbonyl (C=O) groups excluding carboxylic acids is 1. The zero-order valence-electron chi connectivity index (χ0n) is 18.8. The lowest BCUT2D eigenvalue weighted by atomic mass is 10.0. The van der Waals surface area contributed by atoms with E-state index in [1.165, 1.54) is 18.2 Å². The highest BCUT2D eigenvalue weighted by Crippen LogP contribution is 2.41. The molecular formula is C22H24N2O9S2. The molecule has 1 saturated heterocycles. The Morgan fingerprint density at radius 3 is 2.40 bits per heavy atom. The molecule has 2 aliphatic rings. The molecule has 1 fully saturated rings. The lowest BCUT2D eigenvalue weighted by Crippen LogP contribution is -2.43. The predicted molar refractivity (Wildman–Crippen MR) is 125 cm³/mol. The van der Waals surface area contributed by atoms with Crippen molar-refractivity contribution in [3.63, 3.8) is 0 Å². The molecule has 0 unspecified atom stereocenters. The van der Waals surface area contributed by atoms with Crippen molar-refractivity contribution in [2.45, 2.75) is 31.1 Å². The second-order valence-electron chi connectivity index (χ2n) is 8.43. The number of sulfone groups is 1. The SMILES string of the molecule is Cc1cc(NC(=O)C(=O)O)c2c(c1Oc1ccc(O)c(S(=O)(=O)N3CCS(=O)(=O)CC3)c1)CCC2. The molecule has 13 heteroatoms. The quantitative estimate of drug-likeness (QED) is 0.490. The van der Waals surface area contributed by atoms with Crippen molar-refractivity contribution < 1.29 is 41.4 Å². The second-order valence-corrected chi connectivity index (χ2v) is 12.6. The molecule has 4 rings (SSSR count). The Morgan fingerprint density at radius 1 is 1.09 bits per heavy atom. The van der Waals surface area contributed by atoms with E-state index in [1.807, 2.05) is 0 Å². The molecule has 0 spiro atoms. The summed E-state index contributed by atoms with van der Waals surface area (Å²) in [5, 5.41) is 21.6. The molecule has 35 heavy (non-hydrogen) atoms. The maximum atomic E-state index is 13.1. The maximum Gasteiger partial charge on any atom is 0.394 e. The number of amides is 1. The lowest BCUT2D eigenvalue weighted by molar-refractivity contribution is -0.147. The van der Waals surface area contributed by atoms with E-state index in [1.54, 1.807) is 13.0 Å². The minimum Gasteiger partial charge on any atom is -0.507 e. The average molecular weight is 525 g/mol. The number of aromatic hydroxyl groups is 1. The second kappa shape index (κ2) is 9.13. The van der Waals surface area contributed by atoms with Gasteiger partial charge in [-0.1, -0.05) is 0 Å². The van der Waals surface area contributed by atoms with Crippen molar-refractivity contribution in [3.8, 4) is 17.2 Å². The Hall–Kier alpha value is -3.16. The summed E-state index contributed by atoms with van der Waals surface area (Å²) in [5.41, 5.74) is 2.53. The number of nitrogens with one attached hydrogen (secondary N) is 1. The number of hydrogen-bond donors (Lipinski definition) is 3. The molecule has 1 aliphatic carbocycles. The van der Waals surface area contributed by atoms with E-state index in [0.717, 1.165) is 21.9 Å². The summed E-state index contributed by atoms with van der Waals surface area (Å²) in [7, 11) is -7.47. The third kappa shape index (κ3) is 4.97. The van der Waals surface area contributed by atoms with Gasteiger partial charge in [0.25, 0.3) is 0 Å². The normalized spacial score (nSPS) is 17.5. The van der Waals surface area contributed by atoms with Gasteiger partial charge in [-0.3, -0.25) is 4.79 Å². The Kier molecular flexibility index (Phi) is 6.51. The Balaban J connectivity index is 1.66. The zero-order valence-corrected chi connectivity index (χ0v) is 20.4. The Morgan fingerprint density at radius 2 is 1.74 bits per heavy atom. The number of rotatable bonds is 5. The van der Waals surface area contributed by atoms with Crippen molar-refractivity contribution in [2.75, 3.05) is 29.9 Å². The molecule has 1 aliphatic heterocycles. The summed E-state index contributed by atoms with van der Waals surface area (Å²) in [4.78, 5) is 22.2. The fourth-order valence-electron chi connectivity index (χ4n) is 4.29. The molecule has 2 aromatic rings. The van der Waals surface area contributed by atoms with Crippen molar-refractivity contribution >= 4 is 37.4 Å². The molecule has 0 radical (unpaired) electrons. The van der Waals surface area contributed by atoms with Crippen LogP contribution in [0, 0.1) is 6.92 Å². The Labute approximate surface area is 202 Å². The molecule has 3 N–H and O–H groups in total. The molecule has 1 heterocycles. The largest absolute Gasteiger partial charge is 0.507 e. The first kappa shape index (κ1) is 24.9. The van der Waals surface area contributed by atoms with Crippen molar-refractivity contribution in [1.82, 2.24) is 4.31 Å². The number of hydrogen-bond acceptors (Lipinski definition) is 8. The molecule has 0 atom stereocenters. The standard InChI is InChI=1S/C22H24N2O9S2/c1-13-11-17(23-21(26)22(27)28)15-3-2-4-16(15)20(13)33-14-5-6-18(25)19(12-14)35(31,32)24-7-9-34(29,30)10-8-24/h5-6,11-12,25H,2-4,7-10H2,1H3,(H,23,26)(H,27,28). The maximum absolute atomic E-state index is 13.1. The van der Waals surface area contributed by atoms with Crippen molar-refractivity contribution in [1.29, 1.82) is 0 Å². The molecule has 11 nitrogen and oxygen atoms in total. The monoisotopic (exact) mass is 524 g/mol. The van der Waals surface area contributed by atoms with Gasteiger partial charge in [-0.05, 0) is 55.5 Å². The number of fused-ring (bicyclic) bond motifs is 1. The average Bonchev–Trinajstić information content (AvgIpc) is 3.27. The number of benzene rings is 2. The third-order valence-corrected chi connectivity index (χ3v) is 9.59. The van der Waals surface area contributed by atoms with Crippen LogP contribution >= 0.6 is 0 Å². The molecule has 1 amide bonds. The van der Waals surface area contributed by atoms with Crippen LogP contribution in [0.2, 0.25) is 0 Å². The van der Waals surface area contributed by atoms with Crippen LogP contribution in [-0.2, 0) is 42.3 Å². The number of ether oxygens (including phenoxy) is 1. The number of aliphatic carboxylic acids is 1. The van der Waals surface area contributed by atoms with E-state index in [0.29, 0.717) is 29.8 Å². The number of carboxylic acid groups (broad SMARTS) is 1. The van der Waals surface area contributed by atoms with Gasteiger partial charge in [0.2, 0.25) is 10.0 Å². The number of carboxylic acids is 1. The summed E-state index contributed by atoms with van der Waals surface area (Å²) in [6.45, 7) is 1.31. The van der Waals surface area contributed by atoms with Gasteiger partial charge in [0, 0.05) is 30.4 Å². The molecule has 0 bridgehead atoms. The Bertz CT molecular complexity index is 1420. The van der Waals surface area contributed by atoms with Crippen molar-refractivity contribution in [2.24, 2.45) is 0 Å². The predicted octanol–water partition coefficient (Wildman–Crippen LogP) is 1.42. The summed E-state index contributed by atoms with van der Waals surface area (Å²) in [6, 6.07) is 5.40. The van der Waals surface area contributed by atoms with E-state index in [2.05, 4.69) is 5.32 Å². The molecule has 0 aromatic heterocycles. The van der Waals surface area contributed by atoms with E-state index in [9.17, 15) is 31.5 Å². The number of phenols is 1. The number of nitrogens with zero attached hydrogens (tertiary/aromatic N) is 1. The number of phenolic OH excluding ortho intramolecular Hbond substituents is 1. The van der Waals surface area contributed by atoms with Gasteiger partial charge in [0.1, 0.15) is 22.1 Å². The fourth-order valence-corrected chi connectivity index (χ4v) is 7.26. The number of carbonyl (C=O) groups is 2. The minimum absolute atomic E-state index is 0.144. The van der Waals surface area contributed by atoms with Crippen LogP contribution in [0.5, 0.6) is 17.2 Å². The summed E-state index contributed by atoms with van der Waals surface area (Å²) < 4.78 is 56.7. The van der Waals surface area contributed by atoms with Gasteiger partial charge in [-0.25, -0.2) is 21.6 Å². The fraction of sp³-hybridized carbons (Fsp3) is 0.364. The summed E-state index contributed by atoms with van der Waals surface area (Å²) >= 11 is 0. The topological polar surface area (TPSA) is 167 Å². The van der Waals surface area contributed by atoms with Gasteiger partial charge in [-0.2, -0.15) is 4.31 Å². The highest BCUT2D eigenvalue weighted by Gasteiger charge is 2.33. The lowest BCUT2D eigenvalue weighted by Gasteiger charge is -2.26. The highest BCUT2D eigenvalue weighted by atomic mass is 32.2. The number of anilines is 1. The van der Waals surface area contributed by atoms with Crippen LogP contribution in [0.15, 0.2) is 29.2 Å². The van der Waals surface area contributed by atoms with E-state index >= 15 is 0 Å². The van der Waals surface area contributed by atoms with Crippen LogP contribution in [-0.4, -0.2) is 67.8 Å². The molecule has 188 valence electrons. The van der Waals surface area contributed by atoms with Gasteiger partial charge in [-0.15, -0.1) is 0 Å². The van der Waals surface area contributed by atoms with Crippen LogP contribution in [0.1, 0.15) is 23.1 Å². The highest BCUT2D eigenvalue weighted by molar-refractivity contribution is 7.92. The molecule has 2 aromatic carbocycles. The number of sulfonamides is 1. The zero-order chi connectivity index (χ0) is 25.5. The van der Waals surface area contributed by atoms with Crippen molar-refractivity contribution in [3.05, 3.63) is 41.0 Å². The molecule has 0 saturated carbocycles. The first-order chi connectivity index (χ1) is 16.4. The van der Waals surface area contributed by atoms with Crippen LogP contribution in [0.25, 0.3) is 0 Å². The summed E-state index contributed by atoms with van der Waals surface area (Å²) in [6.07, 6.45) is 1.99. The van der Waals surface area contributed by atoms with Gasteiger partial charge >= 0.3 is 11.9 Å². The van der Waals surface area contributed by atoms with E-state index in [4.69, 9.17) is 9.84 Å². The van der Waals surface area contributed by atoms with E-state index in [-0.39, 0.29) is 30.3 Å². The van der Waals surface area contributed by atoms with Gasteiger partial charge in [0.05, 0.1) is 11.5 Å². The molecular weight excluding hydrogens is 500 g/mol. The van der Waals surface area contributed by atoms with E-state index < -0.39 is 42.4 Å². The number of aryl methyl sites for hydroxylation is 1. The first-order valence-corrected chi connectivity index (χ1v) is 14.1. The van der Waals surface area contributed by atoms with Gasteiger partial charge in [0.15, 0.2) is 9.84 Å². The van der Waals surface area contributed by atoms with Crippen LogP contribution in [0.4, 0.5) is 5.69 Å². The summed E-state index contributed by atoms with van der Waals surface area (Å²) in [5.74, 6) is -3.21. The third-order valence-electron chi connectivity index (χ3n) is 6.05. The minimum atomic E-state index is -4.17. The van der Waals surface area contributed by atoms with Crippen LogP contribution < -0.4 is 10.1 Å². The van der Waals surface area contributed by atoms with Crippen LogP contribution in [0.3, 0.4) is 0 Å². The first-order valence-electron chi connectivity index (χ1n) is 10.8. The smallest absolute Gasteiger partial charge is 0.394 e. The van der Waals surface area contributed by atoms with Gasteiger partial charge < -0.3 is 20.3 Å².